The van der Waals surface area contributed by atoms with Crippen LogP contribution in [0.5, 0.6) is 5.75 Å². The maximum Gasteiger partial charge on any atom is 0.307 e. The summed E-state index contributed by atoms with van der Waals surface area (Å²) in [6.45, 7) is 0. The number of methoxy groups -OCH3 is 1. The van der Waals surface area contributed by atoms with Crippen molar-refractivity contribution >= 4 is 23.5 Å². The largest absolute Gasteiger partial charge is 0.480 e. The highest BCUT2D eigenvalue weighted by Crippen LogP contribution is 2.31. The lowest BCUT2D eigenvalue weighted by atomic mass is 10.0. The van der Waals surface area contributed by atoms with E-state index in [-0.39, 0.29) is 12.3 Å². The number of carbonyl (C=O) groups is 2. The van der Waals surface area contributed by atoms with E-state index in [0.29, 0.717) is 17.2 Å². The Morgan fingerprint density at radius 2 is 2.04 bits per heavy atom. The van der Waals surface area contributed by atoms with Crippen LogP contribution in [-0.2, 0) is 20.7 Å². The molecule has 1 N–H and O–H groups in total. The number of amides is 1. The molecule has 0 unspecified atom stereocenters. The van der Waals surface area contributed by atoms with E-state index in [9.17, 15) is 9.59 Å². The molecule has 0 bridgehead atoms. The summed E-state index contributed by atoms with van der Waals surface area (Å²) in [6.07, 6.45) is -0.142. The van der Waals surface area contributed by atoms with Crippen molar-refractivity contribution in [3.05, 3.63) is 64.7 Å². The van der Waals surface area contributed by atoms with Gasteiger partial charge in [0.25, 0.3) is 5.91 Å². The molecular weight excluding hydrogens is 342 g/mol. The molecule has 25 heavy (non-hydrogen) atoms. The number of rotatable bonds is 5. The van der Waals surface area contributed by atoms with Crippen molar-refractivity contribution < 1.29 is 19.1 Å². The van der Waals surface area contributed by atoms with Crippen LogP contribution in [0.4, 0.5) is 0 Å². The Morgan fingerprint density at radius 3 is 2.76 bits per heavy atom. The van der Waals surface area contributed by atoms with Crippen LogP contribution >= 0.6 is 11.6 Å². The number of benzene rings is 2. The van der Waals surface area contributed by atoms with Crippen molar-refractivity contribution in [3.8, 4) is 5.75 Å². The highest BCUT2D eigenvalue weighted by molar-refractivity contribution is 6.30. The summed E-state index contributed by atoms with van der Waals surface area (Å²) >= 11 is 5.98. The first-order valence-corrected chi connectivity index (χ1v) is 8.32. The van der Waals surface area contributed by atoms with Crippen molar-refractivity contribution in [2.24, 2.45) is 0 Å². The predicted molar refractivity (Wildman–Crippen MR) is 93.5 cm³/mol. The molecule has 0 saturated heterocycles. The van der Waals surface area contributed by atoms with Crippen LogP contribution in [0.1, 0.15) is 23.6 Å². The number of hydrogen-bond acceptors (Lipinski definition) is 4. The van der Waals surface area contributed by atoms with Gasteiger partial charge in [-0.25, -0.2) is 0 Å². The van der Waals surface area contributed by atoms with E-state index in [2.05, 4.69) is 5.32 Å². The molecule has 0 aromatic heterocycles. The Hall–Kier alpha value is -2.53. The minimum Gasteiger partial charge on any atom is -0.480 e. The topological polar surface area (TPSA) is 64.6 Å². The molecule has 5 nitrogen and oxygen atoms in total. The molecule has 0 radical (unpaired) electrons. The minimum atomic E-state index is -0.641. The van der Waals surface area contributed by atoms with Crippen molar-refractivity contribution in [2.75, 3.05) is 7.11 Å². The fourth-order valence-electron chi connectivity index (χ4n) is 2.82. The molecule has 1 aliphatic heterocycles. The lowest BCUT2D eigenvalue weighted by Gasteiger charge is -2.20. The normalized spacial score (nSPS) is 16.5. The minimum absolute atomic E-state index is 0.0533. The average molecular weight is 360 g/mol. The van der Waals surface area contributed by atoms with Gasteiger partial charge in [-0.1, -0.05) is 41.9 Å². The molecule has 2 aromatic carbocycles. The Morgan fingerprint density at radius 1 is 1.28 bits per heavy atom. The number of esters is 1. The van der Waals surface area contributed by atoms with Gasteiger partial charge in [-0.2, -0.15) is 0 Å². The zero-order valence-corrected chi connectivity index (χ0v) is 14.5. The molecule has 2 aromatic rings. The van der Waals surface area contributed by atoms with Gasteiger partial charge in [-0.15, -0.1) is 0 Å². The van der Waals surface area contributed by atoms with Gasteiger partial charge in [0.2, 0.25) is 0 Å². The SMILES string of the molecule is COC(=O)C[C@H](NC(=O)[C@@H]1Cc2cc(Cl)ccc2O1)c1ccccc1. The molecule has 3 rings (SSSR count). The van der Waals surface area contributed by atoms with Crippen LogP contribution in [0.25, 0.3) is 0 Å². The second-order valence-electron chi connectivity index (χ2n) is 5.81. The highest BCUT2D eigenvalue weighted by Gasteiger charge is 2.31. The van der Waals surface area contributed by atoms with Crippen LogP contribution in [0.3, 0.4) is 0 Å². The molecule has 130 valence electrons. The number of carbonyl (C=O) groups excluding carboxylic acids is 2. The van der Waals surface area contributed by atoms with Crippen molar-refractivity contribution in [1.82, 2.24) is 5.32 Å². The van der Waals surface area contributed by atoms with Crippen molar-refractivity contribution in [2.45, 2.75) is 25.0 Å². The molecule has 1 aliphatic rings. The second kappa shape index (κ2) is 7.57. The summed E-state index contributed by atoms with van der Waals surface area (Å²) in [5.74, 6) is -0.00424. The van der Waals surface area contributed by atoms with Gasteiger partial charge in [0, 0.05) is 11.4 Å². The summed E-state index contributed by atoms with van der Waals surface area (Å²) in [6, 6.07) is 14.1. The molecule has 2 atom stereocenters. The van der Waals surface area contributed by atoms with Gasteiger partial charge in [0.1, 0.15) is 5.75 Å². The lowest BCUT2D eigenvalue weighted by molar-refractivity contribution is -0.141. The second-order valence-corrected chi connectivity index (χ2v) is 6.25. The van der Waals surface area contributed by atoms with Gasteiger partial charge in [-0.3, -0.25) is 9.59 Å². The monoisotopic (exact) mass is 359 g/mol. The first-order valence-electron chi connectivity index (χ1n) is 7.94. The van der Waals surface area contributed by atoms with Crippen LogP contribution in [0.15, 0.2) is 48.5 Å². The molecule has 1 heterocycles. The summed E-state index contributed by atoms with van der Waals surface area (Å²) < 4.78 is 10.4. The van der Waals surface area contributed by atoms with E-state index in [4.69, 9.17) is 21.1 Å². The maximum atomic E-state index is 12.6. The molecule has 0 fully saturated rings. The van der Waals surface area contributed by atoms with Gasteiger partial charge in [0.15, 0.2) is 6.10 Å². The van der Waals surface area contributed by atoms with E-state index in [1.807, 2.05) is 30.3 Å². The zero-order valence-electron chi connectivity index (χ0n) is 13.7. The first kappa shape index (κ1) is 17.3. The summed E-state index contributed by atoms with van der Waals surface area (Å²) in [5.41, 5.74) is 1.73. The van der Waals surface area contributed by atoms with Crippen LogP contribution in [-0.4, -0.2) is 25.1 Å². The van der Waals surface area contributed by atoms with Crippen LogP contribution in [0, 0.1) is 0 Å². The van der Waals surface area contributed by atoms with Gasteiger partial charge >= 0.3 is 5.97 Å². The van der Waals surface area contributed by atoms with E-state index >= 15 is 0 Å². The molecule has 6 heteroatoms. The number of hydrogen-bond donors (Lipinski definition) is 1. The number of halogens is 1. The Balaban J connectivity index is 1.72. The quantitative estimate of drug-likeness (QED) is 0.833. The maximum absolute atomic E-state index is 12.6. The lowest BCUT2D eigenvalue weighted by Crippen LogP contribution is -2.40. The standard InChI is InChI=1S/C19H18ClNO4/c1-24-18(22)11-15(12-5-3-2-4-6-12)21-19(23)17-10-13-9-14(20)7-8-16(13)25-17/h2-9,15,17H,10-11H2,1H3,(H,21,23)/t15-,17-/m0/s1. The number of ether oxygens (including phenoxy) is 2. The first-order chi connectivity index (χ1) is 12.1. The van der Waals surface area contributed by atoms with E-state index in [0.717, 1.165) is 11.1 Å². The Kier molecular flexibility index (Phi) is 5.24. The number of nitrogens with one attached hydrogen (secondary N) is 1. The van der Waals surface area contributed by atoms with Crippen LogP contribution in [0.2, 0.25) is 5.02 Å². The van der Waals surface area contributed by atoms with Crippen molar-refractivity contribution in [3.63, 3.8) is 0 Å². The smallest absolute Gasteiger partial charge is 0.307 e. The third kappa shape index (κ3) is 4.12. The van der Waals surface area contributed by atoms with E-state index in [1.54, 1.807) is 18.2 Å². The summed E-state index contributed by atoms with van der Waals surface area (Å²) in [5, 5.41) is 3.50. The molecule has 0 spiro atoms. The average Bonchev–Trinajstić information content (AvgIpc) is 3.05. The van der Waals surface area contributed by atoms with Gasteiger partial charge in [-0.05, 0) is 29.3 Å². The fraction of sp³-hybridized carbons (Fsp3) is 0.263. The predicted octanol–water partition coefficient (Wildman–Crippen LogP) is 3.06. The Labute approximate surface area is 150 Å². The van der Waals surface area contributed by atoms with Crippen LogP contribution < -0.4 is 10.1 Å². The summed E-state index contributed by atoms with van der Waals surface area (Å²) in [7, 11) is 1.33. The van der Waals surface area contributed by atoms with Gasteiger partial charge < -0.3 is 14.8 Å². The third-order valence-corrected chi connectivity index (χ3v) is 4.34. The summed E-state index contributed by atoms with van der Waals surface area (Å²) in [4.78, 5) is 24.3. The number of fused-ring (bicyclic) bond motifs is 1. The van der Waals surface area contributed by atoms with E-state index in [1.165, 1.54) is 7.11 Å². The van der Waals surface area contributed by atoms with E-state index < -0.39 is 18.1 Å². The highest BCUT2D eigenvalue weighted by atomic mass is 35.5. The fourth-order valence-corrected chi connectivity index (χ4v) is 3.01. The molecule has 0 saturated carbocycles. The molecular formula is C19H18ClNO4. The molecule has 0 aliphatic carbocycles. The van der Waals surface area contributed by atoms with Gasteiger partial charge in [0.05, 0.1) is 19.6 Å². The van der Waals surface area contributed by atoms with Crippen molar-refractivity contribution in [1.29, 1.82) is 0 Å². The third-order valence-electron chi connectivity index (χ3n) is 4.11. The molecule has 1 amide bonds. The zero-order chi connectivity index (χ0) is 17.8. The Bertz CT molecular complexity index is 778.